The van der Waals surface area contributed by atoms with Crippen LogP contribution >= 0.6 is 0 Å². The number of piperazine rings is 1. The van der Waals surface area contributed by atoms with E-state index in [9.17, 15) is 27.6 Å². The summed E-state index contributed by atoms with van der Waals surface area (Å²) in [5, 5.41) is 5.23. The highest BCUT2D eigenvalue weighted by Gasteiger charge is 2.53. The number of fused-ring (bicyclic) bond motifs is 1. The fourth-order valence-corrected chi connectivity index (χ4v) is 4.00. The second-order valence-electron chi connectivity index (χ2n) is 7.15. The molecular weight excluding hydrogens is 391 g/mol. The number of para-hydroxylation sites is 2. The van der Waals surface area contributed by atoms with Gasteiger partial charge in [0.05, 0.1) is 25.3 Å². The lowest BCUT2D eigenvalue weighted by atomic mass is 9.85. The Labute approximate surface area is 165 Å². The zero-order valence-corrected chi connectivity index (χ0v) is 15.8. The van der Waals surface area contributed by atoms with Crippen molar-refractivity contribution in [2.24, 2.45) is 0 Å². The fraction of sp³-hybridized carbons (Fsp3) is 0.526. The van der Waals surface area contributed by atoms with Crippen LogP contribution in [0.1, 0.15) is 32.1 Å². The molecule has 3 atom stereocenters. The summed E-state index contributed by atoms with van der Waals surface area (Å²) in [4.78, 5) is 37.7. The van der Waals surface area contributed by atoms with Crippen molar-refractivity contribution in [3.63, 3.8) is 0 Å². The number of carbonyl (C=O) groups excluding carboxylic acids is 3. The van der Waals surface area contributed by atoms with Gasteiger partial charge in [-0.2, -0.15) is 13.2 Å². The Morgan fingerprint density at radius 2 is 1.93 bits per heavy atom. The summed E-state index contributed by atoms with van der Waals surface area (Å²) >= 11 is 0. The maximum Gasteiger partial charge on any atom is 0.471 e. The Hall–Kier alpha value is -2.78. The minimum atomic E-state index is -5.13. The van der Waals surface area contributed by atoms with Crippen LogP contribution in [0.5, 0.6) is 5.75 Å². The number of nitrogens with zero attached hydrogens (tertiary/aromatic N) is 1. The maximum absolute atomic E-state index is 13.2. The molecule has 0 radical (unpaired) electrons. The lowest BCUT2D eigenvalue weighted by Gasteiger charge is -2.48. The first-order chi connectivity index (χ1) is 13.7. The second-order valence-corrected chi connectivity index (χ2v) is 7.15. The molecule has 0 bridgehead atoms. The summed E-state index contributed by atoms with van der Waals surface area (Å²) in [5.74, 6) is -3.16. The van der Waals surface area contributed by atoms with Gasteiger partial charge in [-0.25, -0.2) is 0 Å². The predicted molar refractivity (Wildman–Crippen MR) is 97.1 cm³/mol. The number of anilines is 1. The first-order valence-electron chi connectivity index (χ1n) is 9.35. The van der Waals surface area contributed by atoms with Crippen LogP contribution in [-0.4, -0.2) is 54.0 Å². The van der Waals surface area contributed by atoms with E-state index in [-0.39, 0.29) is 0 Å². The van der Waals surface area contributed by atoms with Crippen LogP contribution in [0.15, 0.2) is 24.3 Å². The molecular formula is C19H22F3N3O4. The summed E-state index contributed by atoms with van der Waals surface area (Å²) in [6.07, 6.45) is -3.46. The molecule has 158 valence electrons. The second kappa shape index (κ2) is 8.30. The van der Waals surface area contributed by atoms with E-state index in [0.29, 0.717) is 35.6 Å². The SMILES string of the molecule is COc1ccccc1NC(=O)C[C@@H]1C(=O)N[C@H]2CCCC[C@H]2N1C(=O)C(F)(F)F. The number of amides is 3. The van der Waals surface area contributed by atoms with Gasteiger partial charge in [0.25, 0.3) is 0 Å². The van der Waals surface area contributed by atoms with Crippen LogP contribution in [0.4, 0.5) is 18.9 Å². The molecule has 2 fully saturated rings. The van der Waals surface area contributed by atoms with Crippen molar-refractivity contribution in [2.45, 2.75) is 56.4 Å². The van der Waals surface area contributed by atoms with Crippen LogP contribution in [-0.2, 0) is 14.4 Å². The van der Waals surface area contributed by atoms with E-state index >= 15 is 0 Å². The van der Waals surface area contributed by atoms with Crippen molar-refractivity contribution in [1.29, 1.82) is 0 Å². The van der Waals surface area contributed by atoms with Crippen molar-refractivity contribution in [1.82, 2.24) is 10.2 Å². The lowest BCUT2D eigenvalue weighted by Crippen LogP contribution is -2.69. The molecule has 1 aliphatic carbocycles. The minimum Gasteiger partial charge on any atom is -0.495 e. The van der Waals surface area contributed by atoms with Crippen molar-refractivity contribution < 1.29 is 32.3 Å². The van der Waals surface area contributed by atoms with E-state index in [1.807, 2.05) is 0 Å². The predicted octanol–water partition coefficient (Wildman–Crippen LogP) is 2.22. The molecule has 1 saturated heterocycles. The summed E-state index contributed by atoms with van der Waals surface area (Å²) in [7, 11) is 1.41. The number of ether oxygens (including phenoxy) is 1. The van der Waals surface area contributed by atoms with Gasteiger partial charge in [-0.1, -0.05) is 25.0 Å². The molecule has 0 aromatic heterocycles. The number of alkyl halides is 3. The molecule has 2 aliphatic rings. The molecule has 1 heterocycles. The molecule has 7 nitrogen and oxygen atoms in total. The average Bonchev–Trinajstić information content (AvgIpc) is 2.67. The molecule has 3 amide bonds. The van der Waals surface area contributed by atoms with Crippen LogP contribution in [0.2, 0.25) is 0 Å². The Balaban J connectivity index is 1.83. The molecule has 1 aromatic carbocycles. The highest BCUT2D eigenvalue weighted by Crippen LogP contribution is 2.33. The van der Waals surface area contributed by atoms with E-state index < -0.39 is 48.4 Å². The molecule has 3 rings (SSSR count). The van der Waals surface area contributed by atoms with Gasteiger partial charge in [0.1, 0.15) is 11.8 Å². The first-order valence-corrected chi connectivity index (χ1v) is 9.35. The summed E-state index contributed by atoms with van der Waals surface area (Å²) in [6.45, 7) is 0. The Kier molecular flexibility index (Phi) is 5.99. The van der Waals surface area contributed by atoms with Gasteiger partial charge >= 0.3 is 12.1 Å². The topological polar surface area (TPSA) is 87.7 Å². The van der Waals surface area contributed by atoms with Crippen LogP contribution < -0.4 is 15.4 Å². The molecule has 0 unspecified atom stereocenters. The summed E-state index contributed by atoms with van der Waals surface area (Å²) in [5.41, 5.74) is 0.320. The quantitative estimate of drug-likeness (QED) is 0.793. The van der Waals surface area contributed by atoms with E-state index in [1.54, 1.807) is 24.3 Å². The first kappa shape index (κ1) is 20.9. The number of methoxy groups -OCH3 is 1. The van der Waals surface area contributed by atoms with Gasteiger partial charge in [0.15, 0.2) is 0 Å². The molecule has 1 aliphatic heterocycles. The number of hydrogen-bond acceptors (Lipinski definition) is 4. The molecule has 1 saturated carbocycles. The molecule has 2 N–H and O–H groups in total. The maximum atomic E-state index is 13.2. The smallest absolute Gasteiger partial charge is 0.471 e. The number of hydrogen-bond donors (Lipinski definition) is 2. The van der Waals surface area contributed by atoms with Crippen molar-refractivity contribution >= 4 is 23.4 Å². The molecule has 1 aromatic rings. The van der Waals surface area contributed by atoms with E-state index in [0.717, 1.165) is 6.42 Å². The van der Waals surface area contributed by atoms with Gasteiger partial charge in [-0.3, -0.25) is 14.4 Å². The molecule has 29 heavy (non-hydrogen) atoms. The van der Waals surface area contributed by atoms with Gasteiger partial charge in [0, 0.05) is 6.04 Å². The van der Waals surface area contributed by atoms with Crippen LogP contribution in [0.25, 0.3) is 0 Å². The summed E-state index contributed by atoms with van der Waals surface area (Å²) < 4.78 is 44.8. The number of halogens is 3. The number of carbonyl (C=O) groups is 3. The van der Waals surface area contributed by atoms with Crippen molar-refractivity contribution in [3.05, 3.63) is 24.3 Å². The van der Waals surface area contributed by atoms with Gasteiger partial charge in [-0.15, -0.1) is 0 Å². The molecule has 0 spiro atoms. The highest BCUT2D eigenvalue weighted by atomic mass is 19.4. The Morgan fingerprint density at radius 1 is 1.24 bits per heavy atom. The van der Waals surface area contributed by atoms with Crippen molar-refractivity contribution in [2.75, 3.05) is 12.4 Å². The van der Waals surface area contributed by atoms with Gasteiger partial charge in [0.2, 0.25) is 11.8 Å². The fourth-order valence-electron chi connectivity index (χ4n) is 4.00. The molecule has 10 heteroatoms. The Bertz CT molecular complexity index is 799. The van der Waals surface area contributed by atoms with Gasteiger partial charge < -0.3 is 20.3 Å². The van der Waals surface area contributed by atoms with Crippen molar-refractivity contribution in [3.8, 4) is 5.75 Å². The lowest BCUT2D eigenvalue weighted by molar-refractivity contribution is -0.195. The zero-order chi connectivity index (χ0) is 21.2. The zero-order valence-electron chi connectivity index (χ0n) is 15.8. The standard InChI is InChI=1S/C19H22F3N3O4/c1-29-15-9-5-3-7-12(15)23-16(26)10-14-17(27)24-11-6-2-4-8-13(11)25(14)18(28)19(20,21)22/h3,5,7,9,11,13-14H,2,4,6,8,10H2,1H3,(H,23,26)(H,24,27)/t11-,13+,14+/m0/s1. The van der Waals surface area contributed by atoms with E-state index in [2.05, 4.69) is 10.6 Å². The number of rotatable bonds is 4. The average molecular weight is 413 g/mol. The highest BCUT2D eigenvalue weighted by molar-refractivity contribution is 5.99. The summed E-state index contributed by atoms with van der Waals surface area (Å²) in [6, 6.07) is 3.67. The number of nitrogens with one attached hydrogen (secondary N) is 2. The third kappa shape index (κ3) is 4.46. The third-order valence-corrected chi connectivity index (χ3v) is 5.29. The van der Waals surface area contributed by atoms with Gasteiger partial charge in [-0.05, 0) is 25.0 Å². The monoisotopic (exact) mass is 413 g/mol. The van der Waals surface area contributed by atoms with Crippen LogP contribution in [0, 0.1) is 0 Å². The third-order valence-electron chi connectivity index (χ3n) is 5.29. The van der Waals surface area contributed by atoms with Crippen LogP contribution in [0.3, 0.4) is 0 Å². The normalized spacial score (nSPS) is 24.3. The minimum absolute atomic E-state index is 0.320. The Morgan fingerprint density at radius 3 is 2.62 bits per heavy atom. The number of benzene rings is 1. The van der Waals surface area contributed by atoms with E-state index in [1.165, 1.54) is 7.11 Å². The largest absolute Gasteiger partial charge is 0.495 e. The van der Waals surface area contributed by atoms with E-state index in [4.69, 9.17) is 4.74 Å².